The molecule has 0 spiro atoms. The van der Waals surface area contributed by atoms with Gasteiger partial charge in [0.15, 0.2) is 0 Å². The molecular formula is C17H24O2. The number of hydrogen-bond donors (Lipinski definition) is 1. The van der Waals surface area contributed by atoms with Crippen molar-refractivity contribution < 1.29 is 9.84 Å². The van der Waals surface area contributed by atoms with Gasteiger partial charge in [-0.15, -0.1) is 0 Å². The van der Waals surface area contributed by atoms with E-state index in [0.29, 0.717) is 5.92 Å². The van der Waals surface area contributed by atoms with Crippen LogP contribution in [0.3, 0.4) is 0 Å². The molecule has 2 unspecified atom stereocenters. The van der Waals surface area contributed by atoms with Gasteiger partial charge >= 0.3 is 0 Å². The minimum Gasteiger partial charge on any atom is -0.493 e. The monoisotopic (exact) mass is 260 g/mol. The average molecular weight is 260 g/mol. The van der Waals surface area contributed by atoms with Crippen molar-refractivity contribution in [2.75, 3.05) is 6.61 Å². The molecule has 0 saturated heterocycles. The Bertz CT molecular complexity index is 466. The molecule has 1 aromatic carbocycles. The largest absolute Gasteiger partial charge is 0.493 e. The van der Waals surface area contributed by atoms with Crippen LogP contribution in [-0.4, -0.2) is 17.3 Å². The van der Waals surface area contributed by atoms with Gasteiger partial charge in [0.25, 0.3) is 0 Å². The number of benzene rings is 1. The SMILES string of the molecule is CC1(C)CCCC1(O)CC1CCOc2ccccc21. The third-order valence-corrected chi connectivity index (χ3v) is 5.32. The Hall–Kier alpha value is -1.02. The van der Waals surface area contributed by atoms with Crippen LogP contribution >= 0.6 is 0 Å². The summed E-state index contributed by atoms with van der Waals surface area (Å²) >= 11 is 0. The second kappa shape index (κ2) is 4.52. The molecule has 0 bridgehead atoms. The van der Waals surface area contributed by atoms with Gasteiger partial charge in [0.05, 0.1) is 12.2 Å². The Morgan fingerprint density at radius 3 is 2.79 bits per heavy atom. The summed E-state index contributed by atoms with van der Waals surface area (Å²) < 4.78 is 5.72. The summed E-state index contributed by atoms with van der Waals surface area (Å²) in [4.78, 5) is 0. The first-order valence-electron chi connectivity index (χ1n) is 7.46. The van der Waals surface area contributed by atoms with Crippen molar-refractivity contribution in [3.63, 3.8) is 0 Å². The van der Waals surface area contributed by atoms with Crippen LogP contribution < -0.4 is 4.74 Å². The molecule has 0 radical (unpaired) electrons. The van der Waals surface area contributed by atoms with E-state index < -0.39 is 5.60 Å². The zero-order valence-corrected chi connectivity index (χ0v) is 12.0. The van der Waals surface area contributed by atoms with Gasteiger partial charge < -0.3 is 9.84 Å². The zero-order valence-electron chi connectivity index (χ0n) is 12.0. The quantitative estimate of drug-likeness (QED) is 0.874. The highest BCUT2D eigenvalue weighted by molar-refractivity contribution is 5.38. The van der Waals surface area contributed by atoms with E-state index in [1.165, 1.54) is 5.56 Å². The Balaban J connectivity index is 1.85. The van der Waals surface area contributed by atoms with Gasteiger partial charge in [-0.25, -0.2) is 0 Å². The van der Waals surface area contributed by atoms with Crippen LogP contribution in [0, 0.1) is 5.41 Å². The maximum absolute atomic E-state index is 11.1. The third kappa shape index (κ3) is 2.16. The van der Waals surface area contributed by atoms with Gasteiger partial charge in [-0.3, -0.25) is 0 Å². The molecule has 1 saturated carbocycles. The molecule has 1 aromatic rings. The van der Waals surface area contributed by atoms with Crippen LogP contribution in [0.15, 0.2) is 24.3 Å². The summed E-state index contributed by atoms with van der Waals surface area (Å²) in [5.74, 6) is 1.45. The fraction of sp³-hybridized carbons (Fsp3) is 0.647. The van der Waals surface area contributed by atoms with E-state index in [1.807, 2.05) is 12.1 Å². The van der Waals surface area contributed by atoms with Crippen molar-refractivity contribution in [3.8, 4) is 5.75 Å². The first-order chi connectivity index (χ1) is 9.02. The van der Waals surface area contributed by atoms with Crippen LogP contribution in [0.25, 0.3) is 0 Å². The van der Waals surface area contributed by atoms with Gasteiger partial charge in [0.2, 0.25) is 0 Å². The number of hydrogen-bond acceptors (Lipinski definition) is 2. The van der Waals surface area contributed by atoms with Gasteiger partial charge in [-0.1, -0.05) is 32.0 Å². The molecule has 3 rings (SSSR count). The highest BCUT2D eigenvalue weighted by Crippen LogP contribution is 2.51. The van der Waals surface area contributed by atoms with E-state index in [-0.39, 0.29) is 5.41 Å². The molecule has 104 valence electrons. The van der Waals surface area contributed by atoms with E-state index >= 15 is 0 Å². The lowest BCUT2D eigenvalue weighted by molar-refractivity contribution is -0.0566. The Kier molecular flexibility index (Phi) is 3.09. The Labute approximate surface area is 115 Å². The van der Waals surface area contributed by atoms with Crippen LogP contribution in [0.5, 0.6) is 5.75 Å². The van der Waals surface area contributed by atoms with E-state index in [4.69, 9.17) is 4.74 Å². The number of fused-ring (bicyclic) bond motifs is 1. The topological polar surface area (TPSA) is 29.5 Å². The predicted molar refractivity (Wildman–Crippen MR) is 76.5 cm³/mol. The number of aliphatic hydroxyl groups is 1. The number of ether oxygens (including phenoxy) is 1. The second-order valence-electron chi connectivity index (χ2n) is 6.85. The molecule has 2 atom stereocenters. The van der Waals surface area contributed by atoms with E-state index in [9.17, 15) is 5.11 Å². The standard InChI is InChI=1S/C17H24O2/c1-16(2)9-5-10-17(16,18)12-13-8-11-19-15-7-4-3-6-14(13)15/h3-4,6-7,13,18H,5,8-12H2,1-2H3. The van der Waals surface area contributed by atoms with E-state index in [0.717, 1.165) is 44.5 Å². The first kappa shape index (κ1) is 13.0. The minimum atomic E-state index is -0.512. The van der Waals surface area contributed by atoms with Crippen molar-refractivity contribution in [3.05, 3.63) is 29.8 Å². The molecule has 1 aliphatic heterocycles. The lowest BCUT2D eigenvalue weighted by Crippen LogP contribution is -2.41. The fourth-order valence-electron chi connectivity index (χ4n) is 3.81. The molecule has 2 nitrogen and oxygen atoms in total. The first-order valence-corrected chi connectivity index (χ1v) is 7.46. The summed E-state index contributed by atoms with van der Waals surface area (Å²) in [6.07, 6.45) is 5.12. The highest BCUT2D eigenvalue weighted by atomic mass is 16.5. The molecule has 1 aliphatic carbocycles. The number of rotatable bonds is 2. The van der Waals surface area contributed by atoms with Gasteiger partial charge in [-0.2, -0.15) is 0 Å². The summed E-state index contributed by atoms with van der Waals surface area (Å²) in [5.41, 5.74) is 0.812. The molecule has 0 aromatic heterocycles. The van der Waals surface area contributed by atoms with E-state index in [2.05, 4.69) is 26.0 Å². The van der Waals surface area contributed by atoms with Crippen molar-refractivity contribution >= 4 is 0 Å². The maximum atomic E-state index is 11.1. The van der Waals surface area contributed by atoms with Crippen molar-refractivity contribution in [1.82, 2.24) is 0 Å². The summed E-state index contributed by atoms with van der Waals surface area (Å²) in [7, 11) is 0. The molecule has 2 heteroatoms. The molecule has 1 fully saturated rings. The number of para-hydroxylation sites is 1. The molecule has 1 heterocycles. The third-order valence-electron chi connectivity index (χ3n) is 5.32. The lowest BCUT2D eigenvalue weighted by Gasteiger charge is -2.40. The van der Waals surface area contributed by atoms with Crippen molar-refractivity contribution in [1.29, 1.82) is 0 Å². The van der Waals surface area contributed by atoms with Gasteiger partial charge in [0, 0.05) is 0 Å². The zero-order chi connectivity index (χ0) is 13.5. The normalized spacial score (nSPS) is 32.7. The smallest absolute Gasteiger partial charge is 0.122 e. The van der Waals surface area contributed by atoms with Crippen LogP contribution in [0.1, 0.15) is 57.4 Å². The molecular weight excluding hydrogens is 236 g/mol. The summed E-state index contributed by atoms with van der Waals surface area (Å²) in [6, 6.07) is 8.30. The fourth-order valence-corrected chi connectivity index (χ4v) is 3.81. The lowest BCUT2D eigenvalue weighted by atomic mass is 9.71. The molecule has 0 amide bonds. The predicted octanol–water partition coefficient (Wildman–Crippen LogP) is 3.88. The van der Waals surface area contributed by atoms with Crippen LogP contribution in [0.4, 0.5) is 0 Å². The minimum absolute atomic E-state index is 0.0419. The van der Waals surface area contributed by atoms with E-state index in [1.54, 1.807) is 0 Å². The van der Waals surface area contributed by atoms with Crippen molar-refractivity contribution in [2.24, 2.45) is 5.41 Å². The van der Waals surface area contributed by atoms with Gasteiger partial charge in [0.1, 0.15) is 5.75 Å². The highest BCUT2D eigenvalue weighted by Gasteiger charge is 2.48. The molecule has 2 aliphatic rings. The Morgan fingerprint density at radius 2 is 2.05 bits per heavy atom. The molecule has 1 N–H and O–H groups in total. The summed E-state index contributed by atoms with van der Waals surface area (Å²) in [6.45, 7) is 5.20. The maximum Gasteiger partial charge on any atom is 0.122 e. The van der Waals surface area contributed by atoms with Crippen LogP contribution in [0.2, 0.25) is 0 Å². The molecule has 19 heavy (non-hydrogen) atoms. The Morgan fingerprint density at radius 1 is 1.26 bits per heavy atom. The van der Waals surface area contributed by atoms with Crippen LogP contribution in [-0.2, 0) is 0 Å². The summed E-state index contributed by atoms with van der Waals surface area (Å²) in [5, 5.41) is 11.1. The second-order valence-corrected chi connectivity index (χ2v) is 6.85. The van der Waals surface area contributed by atoms with Gasteiger partial charge in [-0.05, 0) is 55.1 Å². The average Bonchev–Trinajstić information content (AvgIpc) is 2.64. The van der Waals surface area contributed by atoms with Crippen molar-refractivity contribution in [2.45, 2.75) is 57.5 Å².